The molecule has 0 aliphatic rings. The van der Waals surface area contributed by atoms with E-state index in [2.05, 4.69) is 0 Å². The molecule has 0 N–H and O–H groups in total. The van der Waals surface area contributed by atoms with Crippen LogP contribution in [0.4, 0.5) is 0 Å². The van der Waals surface area contributed by atoms with Crippen LogP contribution in [0.15, 0.2) is 88.7 Å². The second-order valence-corrected chi connectivity index (χ2v) is 8.21. The maximum Gasteiger partial charge on any atom is 0.216 e. The number of halogens is 1. The molecule has 0 aliphatic heterocycles. The van der Waals surface area contributed by atoms with E-state index >= 15 is 0 Å². The average Bonchev–Trinajstić information content (AvgIpc) is 2.72. The van der Waals surface area contributed by atoms with Crippen molar-refractivity contribution in [1.29, 1.82) is 5.26 Å². The highest BCUT2D eigenvalue weighted by molar-refractivity contribution is 7.95. The van der Waals surface area contributed by atoms with Crippen LogP contribution >= 0.6 is 11.6 Å². The van der Waals surface area contributed by atoms with E-state index in [0.717, 1.165) is 5.56 Å². The second kappa shape index (κ2) is 8.75. The lowest BCUT2D eigenvalue weighted by atomic mass is 10.2. The largest absolute Gasteiger partial charge is 0.489 e. The fourth-order valence-electron chi connectivity index (χ4n) is 2.52. The first kappa shape index (κ1) is 19.7. The van der Waals surface area contributed by atoms with Gasteiger partial charge in [-0.05, 0) is 42.0 Å². The maximum atomic E-state index is 12.7. The molecule has 0 atom stereocenters. The summed E-state index contributed by atoms with van der Waals surface area (Å²) < 4.78 is 31.1. The van der Waals surface area contributed by atoms with E-state index < -0.39 is 9.84 Å². The van der Waals surface area contributed by atoms with E-state index in [1.54, 1.807) is 54.6 Å². The highest BCUT2D eigenvalue weighted by atomic mass is 35.5. The van der Waals surface area contributed by atoms with Crippen LogP contribution in [0.3, 0.4) is 0 Å². The molecule has 3 aromatic rings. The maximum absolute atomic E-state index is 12.7. The minimum absolute atomic E-state index is 0.0777. The standard InChI is InChI=1S/C22H16ClNO3S/c23-22-12-5-4-8-18(22)16-27-19-9-6-7-17(13-19)14-21(15-24)28(25,26)20-10-2-1-3-11-20/h1-14H,16H2/b21-14-. The van der Waals surface area contributed by atoms with Crippen molar-refractivity contribution in [3.05, 3.63) is 99.9 Å². The monoisotopic (exact) mass is 409 g/mol. The Morgan fingerprint density at radius 1 is 1.00 bits per heavy atom. The van der Waals surface area contributed by atoms with Crippen LogP contribution in [0, 0.1) is 11.3 Å². The summed E-state index contributed by atoms with van der Waals surface area (Å²) in [4.78, 5) is -0.254. The molecule has 28 heavy (non-hydrogen) atoms. The lowest BCUT2D eigenvalue weighted by Gasteiger charge is -2.08. The Hall–Kier alpha value is -3.07. The van der Waals surface area contributed by atoms with Crippen LogP contribution in [0.5, 0.6) is 5.75 Å². The molecule has 0 spiro atoms. The molecule has 0 amide bonds. The Labute approximate surface area is 169 Å². The predicted octanol–water partition coefficient (Wildman–Crippen LogP) is 5.26. The van der Waals surface area contributed by atoms with Crippen molar-refractivity contribution < 1.29 is 13.2 Å². The molecule has 4 nitrogen and oxygen atoms in total. The number of allylic oxidation sites excluding steroid dienone is 1. The summed E-state index contributed by atoms with van der Waals surface area (Å²) in [5, 5.41) is 10.0. The smallest absolute Gasteiger partial charge is 0.216 e. The zero-order chi connectivity index (χ0) is 20.0. The summed E-state index contributed by atoms with van der Waals surface area (Å²) >= 11 is 6.13. The van der Waals surface area contributed by atoms with Crippen LogP contribution in [-0.2, 0) is 16.4 Å². The van der Waals surface area contributed by atoms with Gasteiger partial charge in [-0.1, -0.05) is 60.1 Å². The van der Waals surface area contributed by atoms with E-state index in [1.165, 1.54) is 18.2 Å². The van der Waals surface area contributed by atoms with Gasteiger partial charge in [-0.2, -0.15) is 5.26 Å². The van der Waals surface area contributed by atoms with Crippen LogP contribution in [0.2, 0.25) is 5.02 Å². The van der Waals surface area contributed by atoms with Gasteiger partial charge in [-0.3, -0.25) is 0 Å². The van der Waals surface area contributed by atoms with Crippen molar-refractivity contribution in [2.24, 2.45) is 0 Å². The van der Waals surface area contributed by atoms with Crippen LogP contribution in [0.1, 0.15) is 11.1 Å². The van der Waals surface area contributed by atoms with Crippen LogP contribution < -0.4 is 4.74 Å². The summed E-state index contributed by atoms with van der Waals surface area (Å²) in [6.45, 7) is 0.278. The number of hydrogen-bond acceptors (Lipinski definition) is 4. The van der Waals surface area contributed by atoms with Gasteiger partial charge in [0, 0.05) is 10.6 Å². The summed E-state index contributed by atoms with van der Waals surface area (Å²) in [5.41, 5.74) is 1.39. The molecule has 0 bridgehead atoms. The lowest BCUT2D eigenvalue weighted by Crippen LogP contribution is -2.03. The minimum atomic E-state index is -3.88. The van der Waals surface area contributed by atoms with Gasteiger partial charge in [0.2, 0.25) is 9.84 Å². The van der Waals surface area contributed by atoms with Crippen molar-refractivity contribution >= 4 is 27.5 Å². The van der Waals surface area contributed by atoms with Gasteiger partial charge in [0.05, 0.1) is 4.90 Å². The van der Waals surface area contributed by atoms with E-state index in [-0.39, 0.29) is 16.4 Å². The molecule has 140 valence electrons. The molecule has 0 radical (unpaired) electrons. The van der Waals surface area contributed by atoms with Crippen molar-refractivity contribution in [3.8, 4) is 11.8 Å². The third-order valence-corrected chi connectivity index (χ3v) is 6.01. The Morgan fingerprint density at radius 2 is 1.71 bits per heavy atom. The van der Waals surface area contributed by atoms with Crippen molar-refractivity contribution in [3.63, 3.8) is 0 Å². The Bertz CT molecular complexity index is 1150. The Balaban J connectivity index is 1.85. The van der Waals surface area contributed by atoms with Gasteiger partial charge in [-0.25, -0.2) is 8.42 Å². The number of hydrogen-bond donors (Lipinski definition) is 0. The van der Waals surface area contributed by atoms with Gasteiger partial charge in [0.1, 0.15) is 23.3 Å². The fourth-order valence-corrected chi connectivity index (χ4v) is 3.89. The van der Waals surface area contributed by atoms with Gasteiger partial charge in [-0.15, -0.1) is 0 Å². The Kier molecular flexibility index (Phi) is 6.15. The summed E-state index contributed by atoms with van der Waals surface area (Å²) in [5.74, 6) is 0.545. The summed E-state index contributed by atoms with van der Waals surface area (Å²) in [6.07, 6.45) is 1.34. The van der Waals surface area contributed by atoms with Crippen molar-refractivity contribution in [2.45, 2.75) is 11.5 Å². The molecule has 6 heteroatoms. The first-order valence-electron chi connectivity index (χ1n) is 8.39. The SMILES string of the molecule is N#C/C(=C/c1cccc(OCc2ccccc2Cl)c1)S(=O)(=O)c1ccccc1. The molecule has 0 saturated carbocycles. The minimum Gasteiger partial charge on any atom is -0.489 e. The predicted molar refractivity (Wildman–Crippen MR) is 109 cm³/mol. The molecule has 0 heterocycles. The molecule has 0 fully saturated rings. The normalized spacial score (nSPS) is 11.6. The third-order valence-electron chi connectivity index (χ3n) is 3.96. The number of benzene rings is 3. The fraction of sp³-hybridized carbons (Fsp3) is 0.0455. The quantitative estimate of drug-likeness (QED) is 0.521. The van der Waals surface area contributed by atoms with Crippen LogP contribution in [0.25, 0.3) is 6.08 Å². The number of ether oxygens (including phenoxy) is 1. The summed E-state index contributed by atoms with van der Waals surface area (Å²) in [6, 6.07) is 23.9. The first-order valence-corrected chi connectivity index (χ1v) is 10.2. The van der Waals surface area contributed by atoms with E-state index in [1.807, 2.05) is 18.2 Å². The number of rotatable bonds is 6. The highest BCUT2D eigenvalue weighted by Crippen LogP contribution is 2.24. The van der Waals surface area contributed by atoms with E-state index in [9.17, 15) is 13.7 Å². The second-order valence-electron chi connectivity index (χ2n) is 5.89. The zero-order valence-electron chi connectivity index (χ0n) is 14.7. The summed E-state index contributed by atoms with van der Waals surface area (Å²) in [7, 11) is -3.88. The molecule has 0 aliphatic carbocycles. The highest BCUT2D eigenvalue weighted by Gasteiger charge is 2.20. The molecular weight excluding hydrogens is 394 g/mol. The first-order chi connectivity index (χ1) is 13.5. The zero-order valence-corrected chi connectivity index (χ0v) is 16.3. The van der Waals surface area contributed by atoms with Crippen LogP contribution in [-0.4, -0.2) is 8.42 Å². The molecular formula is C22H16ClNO3S. The van der Waals surface area contributed by atoms with Gasteiger partial charge >= 0.3 is 0 Å². The third kappa shape index (κ3) is 4.61. The van der Waals surface area contributed by atoms with Gasteiger partial charge in [0.15, 0.2) is 0 Å². The van der Waals surface area contributed by atoms with Crippen molar-refractivity contribution in [1.82, 2.24) is 0 Å². The number of nitrogens with zero attached hydrogens (tertiary/aromatic N) is 1. The van der Waals surface area contributed by atoms with E-state index in [4.69, 9.17) is 16.3 Å². The van der Waals surface area contributed by atoms with Gasteiger partial charge < -0.3 is 4.74 Å². The number of nitriles is 1. The molecule has 0 saturated heterocycles. The van der Waals surface area contributed by atoms with E-state index in [0.29, 0.717) is 16.3 Å². The Morgan fingerprint density at radius 3 is 2.43 bits per heavy atom. The van der Waals surface area contributed by atoms with Gasteiger partial charge in [0.25, 0.3) is 0 Å². The van der Waals surface area contributed by atoms with Crippen molar-refractivity contribution in [2.75, 3.05) is 0 Å². The molecule has 3 aromatic carbocycles. The topological polar surface area (TPSA) is 67.2 Å². The number of sulfone groups is 1. The molecule has 0 aromatic heterocycles. The molecule has 0 unspecified atom stereocenters. The lowest BCUT2D eigenvalue weighted by molar-refractivity contribution is 0.306. The average molecular weight is 410 g/mol. The molecule has 3 rings (SSSR count).